The molecule has 0 N–H and O–H groups in total. The Hall–Kier alpha value is -4.40. The molecular formula is C28H30FN5O3. The number of rotatable bonds is 12. The molecule has 0 amide bonds. The van der Waals surface area contributed by atoms with Gasteiger partial charge in [-0.25, -0.2) is 9.18 Å². The lowest BCUT2D eigenvalue weighted by molar-refractivity contribution is -0.139. The number of nitrogens with zero attached hydrogens (tertiary/aromatic N) is 5. The molecule has 3 aromatic carbocycles. The van der Waals surface area contributed by atoms with E-state index in [0.717, 1.165) is 12.1 Å². The number of benzene rings is 3. The molecule has 0 saturated carbocycles. The van der Waals surface area contributed by atoms with Gasteiger partial charge < -0.3 is 14.4 Å². The molecule has 8 nitrogen and oxygen atoms in total. The van der Waals surface area contributed by atoms with Crippen molar-refractivity contribution in [2.45, 2.75) is 19.8 Å². The second-order valence-corrected chi connectivity index (χ2v) is 8.41. The molecule has 0 unspecified atom stereocenters. The first-order valence-corrected chi connectivity index (χ1v) is 11.8. The molecule has 0 saturated heterocycles. The zero-order valence-corrected chi connectivity index (χ0v) is 21.2. The third-order valence-electron chi connectivity index (χ3n) is 5.08. The number of hydrogen-bond donors (Lipinski definition) is 0. The number of hydrogen-bond acceptors (Lipinski definition) is 8. The van der Waals surface area contributed by atoms with Crippen molar-refractivity contribution in [1.82, 2.24) is 0 Å². The van der Waals surface area contributed by atoms with Crippen LogP contribution in [0.3, 0.4) is 0 Å². The lowest BCUT2D eigenvalue weighted by Crippen LogP contribution is -2.07. The van der Waals surface area contributed by atoms with Gasteiger partial charge >= 0.3 is 5.97 Å². The fourth-order valence-electron chi connectivity index (χ4n) is 2.97. The highest BCUT2D eigenvalue weighted by Gasteiger charge is 2.04. The van der Waals surface area contributed by atoms with Gasteiger partial charge in [0.2, 0.25) is 0 Å². The Balaban J connectivity index is 1.47. The maximum atomic E-state index is 14.5. The molecule has 3 rings (SSSR count). The van der Waals surface area contributed by atoms with Crippen LogP contribution in [0.1, 0.15) is 19.8 Å². The van der Waals surface area contributed by atoms with E-state index in [2.05, 4.69) is 27.0 Å². The Morgan fingerprint density at radius 1 is 0.838 bits per heavy atom. The molecule has 3 aromatic rings. The largest absolute Gasteiger partial charge is 0.494 e. The zero-order valence-electron chi connectivity index (χ0n) is 21.2. The fraction of sp³-hybridized carbons (Fsp3) is 0.250. The highest BCUT2D eigenvalue weighted by Crippen LogP contribution is 2.28. The summed E-state index contributed by atoms with van der Waals surface area (Å²) in [5, 5.41) is 16.3. The summed E-state index contributed by atoms with van der Waals surface area (Å²) < 4.78 is 25.2. The molecule has 0 aliphatic carbocycles. The number of unbranched alkanes of at least 4 members (excludes halogenated alkanes) is 1. The third-order valence-corrected chi connectivity index (χ3v) is 5.08. The molecule has 0 heterocycles. The van der Waals surface area contributed by atoms with Crippen molar-refractivity contribution in [3.05, 3.63) is 84.7 Å². The number of esters is 1. The van der Waals surface area contributed by atoms with Crippen molar-refractivity contribution < 1.29 is 18.7 Å². The average Bonchev–Trinajstić information content (AvgIpc) is 2.89. The van der Waals surface area contributed by atoms with Gasteiger partial charge in [0, 0.05) is 31.4 Å². The van der Waals surface area contributed by atoms with Gasteiger partial charge in [-0.15, -0.1) is 5.11 Å². The molecule has 0 bridgehead atoms. The molecule has 0 aliphatic heterocycles. The molecule has 0 atom stereocenters. The van der Waals surface area contributed by atoms with Crippen LogP contribution < -0.4 is 9.64 Å². The van der Waals surface area contributed by atoms with Crippen molar-refractivity contribution in [1.29, 1.82) is 0 Å². The zero-order chi connectivity index (χ0) is 26.6. The Morgan fingerprint density at radius 3 is 2.03 bits per heavy atom. The van der Waals surface area contributed by atoms with E-state index in [4.69, 9.17) is 9.47 Å². The van der Waals surface area contributed by atoms with Crippen LogP contribution in [-0.2, 0) is 9.53 Å². The van der Waals surface area contributed by atoms with Crippen LogP contribution in [-0.4, -0.2) is 33.3 Å². The molecule has 192 valence electrons. The van der Waals surface area contributed by atoms with Gasteiger partial charge in [0.1, 0.15) is 11.4 Å². The van der Waals surface area contributed by atoms with E-state index < -0.39 is 5.82 Å². The van der Waals surface area contributed by atoms with E-state index >= 15 is 0 Å². The summed E-state index contributed by atoms with van der Waals surface area (Å²) in [6, 6.07) is 19.0. The number of ether oxygens (including phenoxy) is 2. The van der Waals surface area contributed by atoms with Gasteiger partial charge in [0.25, 0.3) is 0 Å². The summed E-state index contributed by atoms with van der Waals surface area (Å²) in [5.41, 5.74) is 3.14. The summed E-state index contributed by atoms with van der Waals surface area (Å²) in [4.78, 5) is 13.3. The number of carbonyl (C=O) groups is 1. The summed E-state index contributed by atoms with van der Waals surface area (Å²) >= 11 is 0. The number of halogens is 1. The Bertz CT molecular complexity index is 1260. The van der Waals surface area contributed by atoms with Crippen LogP contribution in [0, 0.1) is 5.82 Å². The Kier molecular flexibility index (Phi) is 10.0. The van der Waals surface area contributed by atoms with Gasteiger partial charge in [0.05, 0.1) is 30.3 Å². The molecular weight excluding hydrogens is 473 g/mol. The predicted molar refractivity (Wildman–Crippen MR) is 142 cm³/mol. The molecule has 37 heavy (non-hydrogen) atoms. The van der Waals surface area contributed by atoms with E-state index in [-0.39, 0.29) is 11.7 Å². The van der Waals surface area contributed by atoms with Crippen molar-refractivity contribution in [2.24, 2.45) is 20.5 Å². The number of azo groups is 2. The average molecular weight is 504 g/mol. The summed E-state index contributed by atoms with van der Waals surface area (Å²) in [6.45, 7) is 5.99. The standard InChI is InChI=1S/C28H30FN5O3/c1-20(2)28(35)37-18-6-5-17-36-25-14-9-22(10-15-25)30-32-23-11-16-27(26(29)19-23)33-31-21-7-12-24(13-8-21)34(3)4/h7-16,19H,1,5-6,17-18H2,2-4H3. The predicted octanol–water partition coefficient (Wildman–Crippen LogP) is 8.00. The highest BCUT2D eigenvalue weighted by atomic mass is 19.1. The monoisotopic (exact) mass is 503 g/mol. The van der Waals surface area contributed by atoms with Crippen molar-refractivity contribution >= 4 is 34.4 Å². The molecule has 0 radical (unpaired) electrons. The molecule has 0 aliphatic rings. The van der Waals surface area contributed by atoms with Gasteiger partial charge in [-0.3, -0.25) is 0 Å². The van der Waals surface area contributed by atoms with Gasteiger partial charge in [-0.2, -0.15) is 15.3 Å². The highest BCUT2D eigenvalue weighted by molar-refractivity contribution is 5.86. The minimum Gasteiger partial charge on any atom is -0.494 e. The normalized spacial score (nSPS) is 11.1. The fourth-order valence-corrected chi connectivity index (χ4v) is 2.97. The molecule has 9 heteroatoms. The van der Waals surface area contributed by atoms with Crippen LogP contribution >= 0.6 is 0 Å². The first kappa shape index (κ1) is 27.2. The van der Waals surface area contributed by atoms with Crippen molar-refractivity contribution in [2.75, 3.05) is 32.2 Å². The lowest BCUT2D eigenvalue weighted by Gasteiger charge is -2.11. The lowest BCUT2D eigenvalue weighted by atomic mass is 10.2. The Morgan fingerprint density at radius 2 is 1.41 bits per heavy atom. The first-order chi connectivity index (χ1) is 17.8. The number of anilines is 1. The smallest absolute Gasteiger partial charge is 0.333 e. The SMILES string of the molecule is C=C(C)C(=O)OCCCCOc1ccc(N=Nc2ccc(N=Nc3ccc(N(C)C)cc3)c(F)c2)cc1. The molecule has 0 aromatic heterocycles. The van der Waals surface area contributed by atoms with E-state index in [0.29, 0.717) is 48.0 Å². The van der Waals surface area contributed by atoms with E-state index in [1.165, 1.54) is 12.1 Å². The third kappa shape index (κ3) is 8.96. The number of carbonyl (C=O) groups excluding carboxylic acids is 1. The summed E-state index contributed by atoms with van der Waals surface area (Å²) in [7, 11) is 3.90. The van der Waals surface area contributed by atoms with Crippen LogP contribution in [0.4, 0.5) is 32.8 Å². The molecule has 0 fully saturated rings. The summed E-state index contributed by atoms with van der Waals surface area (Å²) in [6.07, 6.45) is 1.45. The first-order valence-electron chi connectivity index (χ1n) is 11.8. The van der Waals surface area contributed by atoms with Crippen LogP contribution in [0.25, 0.3) is 0 Å². The topological polar surface area (TPSA) is 88.2 Å². The second kappa shape index (κ2) is 13.6. The van der Waals surface area contributed by atoms with E-state index in [1.54, 1.807) is 37.3 Å². The van der Waals surface area contributed by atoms with Crippen LogP contribution in [0.15, 0.2) is 99.3 Å². The van der Waals surface area contributed by atoms with Gasteiger partial charge in [-0.1, -0.05) is 6.58 Å². The molecule has 0 spiro atoms. The van der Waals surface area contributed by atoms with Crippen molar-refractivity contribution in [3.63, 3.8) is 0 Å². The van der Waals surface area contributed by atoms with E-state index in [9.17, 15) is 9.18 Å². The van der Waals surface area contributed by atoms with Crippen LogP contribution in [0.2, 0.25) is 0 Å². The van der Waals surface area contributed by atoms with Gasteiger partial charge in [-0.05, 0) is 80.4 Å². The Labute approximate surface area is 216 Å². The maximum Gasteiger partial charge on any atom is 0.333 e. The maximum absolute atomic E-state index is 14.5. The van der Waals surface area contributed by atoms with Crippen LogP contribution in [0.5, 0.6) is 5.75 Å². The quantitative estimate of drug-likeness (QED) is 0.108. The minimum absolute atomic E-state index is 0.117. The van der Waals surface area contributed by atoms with Crippen molar-refractivity contribution in [3.8, 4) is 5.75 Å². The van der Waals surface area contributed by atoms with Gasteiger partial charge in [0.15, 0.2) is 5.82 Å². The second-order valence-electron chi connectivity index (χ2n) is 8.41. The van der Waals surface area contributed by atoms with E-state index in [1.807, 2.05) is 43.3 Å². The summed E-state index contributed by atoms with van der Waals surface area (Å²) in [5.74, 6) is -0.227. The minimum atomic E-state index is -0.539.